The van der Waals surface area contributed by atoms with Crippen LogP contribution < -0.4 is 5.56 Å². The molecule has 0 aliphatic carbocycles. The number of carbonyl (C=O) groups excluding carboxylic acids is 2. The number of pyridine rings is 1. The Morgan fingerprint density at radius 3 is 2.62 bits per heavy atom. The average molecular weight is 327 g/mol. The standard InChI is InChI=1S/C16H13N3O5/c1-8(20)10-4-3-9(5-13(10)21)19-6-11-14(17-18-15(11)22)12(7-19)16(23)24-2/h3-7,21H,1-2H3,(H,18,22). The lowest BCUT2D eigenvalue weighted by molar-refractivity contribution is 0.0600. The Morgan fingerprint density at radius 1 is 1.25 bits per heavy atom. The molecule has 3 rings (SSSR count). The van der Waals surface area contributed by atoms with Gasteiger partial charge in [-0.2, -0.15) is 5.10 Å². The average Bonchev–Trinajstić information content (AvgIpc) is 2.94. The van der Waals surface area contributed by atoms with Crippen molar-refractivity contribution in [2.24, 2.45) is 0 Å². The lowest BCUT2D eigenvalue weighted by Crippen LogP contribution is -2.11. The number of hydrogen-bond acceptors (Lipinski definition) is 6. The summed E-state index contributed by atoms with van der Waals surface area (Å²) in [5.74, 6) is -1.11. The number of nitrogens with zero attached hydrogens (tertiary/aromatic N) is 2. The van der Waals surface area contributed by atoms with E-state index in [0.717, 1.165) is 0 Å². The second-order valence-electron chi connectivity index (χ2n) is 5.14. The van der Waals surface area contributed by atoms with Gasteiger partial charge in [0.15, 0.2) is 5.78 Å². The lowest BCUT2D eigenvalue weighted by atomic mass is 10.1. The second kappa shape index (κ2) is 5.65. The topological polar surface area (TPSA) is 114 Å². The summed E-state index contributed by atoms with van der Waals surface area (Å²) in [6, 6.07) is 4.43. The van der Waals surface area contributed by atoms with Crippen molar-refractivity contribution in [1.82, 2.24) is 14.8 Å². The Hall–Kier alpha value is -3.42. The summed E-state index contributed by atoms with van der Waals surface area (Å²) in [5, 5.41) is 16.1. The molecule has 2 heterocycles. The number of aromatic nitrogens is 3. The van der Waals surface area contributed by atoms with Crippen molar-refractivity contribution in [3.05, 3.63) is 52.1 Å². The first kappa shape index (κ1) is 15.5. The van der Waals surface area contributed by atoms with Gasteiger partial charge >= 0.3 is 5.97 Å². The van der Waals surface area contributed by atoms with Gasteiger partial charge in [0.05, 0.1) is 18.2 Å². The fourth-order valence-electron chi connectivity index (χ4n) is 2.42. The van der Waals surface area contributed by atoms with Gasteiger partial charge in [-0.3, -0.25) is 9.59 Å². The van der Waals surface area contributed by atoms with Gasteiger partial charge in [0.2, 0.25) is 0 Å². The predicted octanol–water partition coefficient (Wildman–Crippen LogP) is 1.36. The molecule has 1 aromatic rings. The highest BCUT2D eigenvalue weighted by Gasteiger charge is 2.22. The van der Waals surface area contributed by atoms with Crippen LogP contribution in [-0.2, 0) is 4.74 Å². The number of carbonyl (C=O) groups is 2. The Morgan fingerprint density at radius 2 is 2.00 bits per heavy atom. The van der Waals surface area contributed by atoms with Gasteiger partial charge in [-0.25, -0.2) is 9.89 Å². The van der Waals surface area contributed by atoms with E-state index in [-0.39, 0.29) is 33.9 Å². The molecular formula is C16H13N3O5. The maximum absolute atomic E-state index is 11.9. The molecule has 0 fully saturated rings. The number of phenolic OH excluding ortho intramolecular Hbond substituents is 1. The van der Waals surface area contributed by atoms with Crippen molar-refractivity contribution >= 4 is 11.8 Å². The lowest BCUT2D eigenvalue weighted by Gasteiger charge is -2.12. The number of fused-ring (bicyclic) bond motifs is 1. The minimum atomic E-state index is -0.648. The maximum Gasteiger partial charge on any atom is 0.341 e. The third-order valence-corrected chi connectivity index (χ3v) is 3.62. The molecule has 122 valence electrons. The fraction of sp³-hybridized carbons (Fsp3) is 0.125. The van der Waals surface area contributed by atoms with Crippen LogP contribution in [0.4, 0.5) is 0 Å². The summed E-state index contributed by atoms with van der Waals surface area (Å²) in [7, 11) is 1.23. The van der Waals surface area contributed by atoms with Gasteiger partial charge in [-0.15, -0.1) is 0 Å². The molecule has 0 spiro atoms. The first-order chi connectivity index (χ1) is 11.4. The molecule has 2 aliphatic heterocycles. The molecule has 0 amide bonds. The van der Waals surface area contributed by atoms with Gasteiger partial charge in [-0.05, 0) is 19.1 Å². The van der Waals surface area contributed by atoms with Crippen molar-refractivity contribution in [3.63, 3.8) is 0 Å². The molecule has 24 heavy (non-hydrogen) atoms. The van der Waals surface area contributed by atoms with Crippen molar-refractivity contribution < 1.29 is 19.4 Å². The van der Waals surface area contributed by atoms with E-state index in [2.05, 4.69) is 10.2 Å². The zero-order valence-corrected chi connectivity index (χ0v) is 12.9. The second-order valence-corrected chi connectivity index (χ2v) is 5.14. The molecule has 2 N–H and O–H groups in total. The number of esters is 1. The van der Waals surface area contributed by atoms with E-state index < -0.39 is 11.5 Å². The third kappa shape index (κ3) is 2.43. The predicted molar refractivity (Wildman–Crippen MR) is 83.8 cm³/mol. The van der Waals surface area contributed by atoms with Gasteiger partial charge in [-0.1, -0.05) is 0 Å². The zero-order chi connectivity index (χ0) is 17.4. The molecule has 1 aromatic carbocycles. The number of benzene rings is 1. The van der Waals surface area contributed by atoms with E-state index in [0.29, 0.717) is 5.69 Å². The van der Waals surface area contributed by atoms with Crippen LogP contribution in [0, 0.1) is 0 Å². The van der Waals surface area contributed by atoms with E-state index in [4.69, 9.17) is 4.74 Å². The molecule has 0 bridgehead atoms. The van der Waals surface area contributed by atoms with E-state index >= 15 is 0 Å². The molecule has 8 nitrogen and oxygen atoms in total. The van der Waals surface area contributed by atoms with Crippen LogP contribution in [0.2, 0.25) is 0 Å². The summed E-state index contributed by atoms with van der Waals surface area (Å²) in [5.41, 5.74) is 0.699. The summed E-state index contributed by atoms with van der Waals surface area (Å²) < 4.78 is 6.20. The van der Waals surface area contributed by atoms with E-state index in [1.165, 1.54) is 43.1 Å². The highest BCUT2D eigenvalue weighted by atomic mass is 16.5. The third-order valence-electron chi connectivity index (χ3n) is 3.62. The largest absolute Gasteiger partial charge is 0.507 e. The smallest absolute Gasteiger partial charge is 0.341 e. The molecule has 0 atom stereocenters. The van der Waals surface area contributed by atoms with Crippen molar-refractivity contribution in [1.29, 1.82) is 0 Å². The van der Waals surface area contributed by atoms with Crippen LogP contribution in [0.1, 0.15) is 27.6 Å². The van der Waals surface area contributed by atoms with Gasteiger partial charge < -0.3 is 14.4 Å². The monoisotopic (exact) mass is 327 g/mol. The Kier molecular flexibility index (Phi) is 3.64. The van der Waals surface area contributed by atoms with E-state index in [9.17, 15) is 19.5 Å². The van der Waals surface area contributed by atoms with Crippen LogP contribution in [0.15, 0.2) is 35.4 Å². The SMILES string of the molecule is COC(=O)c1cn(-c2ccc(C(C)=O)c(O)c2)cc2c(=O)[nH]nc1-2. The van der Waals surface area contributed by atoms with E-state index in [1.807, 2.05) is 0 Å². The first-order valence-electron chi connectivity index (χ1n) is 6.95. The minimum Gasteiger partial charge on any atom is -0.507 e. The van der Waals surface area contributed by atoms with Crippen molar-refractivity contribution in [3.8, 4) is 22.7 Å². The van der Waals surface area contributed by atoms with Gasteiger partial charge in [0.25, 0.3) is 5.56 Å². The van der Waals surface area contributed by atoms with Crippen molar-refractivity contribution in [2.45, 2.75) is 6.92 Å². The number of ketones is 1. The highest BCUT2D eigenvalue weighted by Crippen LogP contribution is 2.26. The van der Waals surface area contributed by atoms with Crippen LogP contribution >= 0.6 is 0 Å². The number of rotatable bonds is 3. The Bertz CT molecular complexity index is 986. The first-order valence-corrected chi connectivity index (χ1v) is 6.95. The summed E-state index contributed by atoms with van der Waals surface area (Å²) in [6.07, 6.45) is 2.92. The van der Waals surface area contributed by atoms with Gasteiger partial charge in [0.1, 0.15) is 17.0 Å². The molecule has 0 saturated carbocycles. The number of aromatic amines is 1. The number of Topliss-reactive ketones (excluding diaryl/α,β-unsaturated/α-hetero) is 1. The Labute approximate surface area is 135 Å². The van der Waals surface area contributed by atoms with Crippen LogP contribution in [-0.4, -0.2) is 38.7 Å². The number of methoxy groups -OCH3 is 1. The molecule has 8 heteroatoms. The fourth-order valence-corrected chi connectivity index (χ4v) is 2.42. The van der Waals surface area contributed by atoms with Gasteiger partial charge in [0, 0.05) is 24.1 Å². The van der Waals surface area contributed by atoms with Crippen LogP contribution in [0.25, 0.3) is 16.9 Å². The number of hydrogen-bond donors (Lipinski definition) is 2. The maximum atomic E-state index is 11.9. The zero-order valence-electron chi connectivity index (χ0n) is 12.9. The molecule has 0 aromatic heterocycles. The summed E-state index contributed by atoms with van der Waals surface area (Å²) in [6.45, 7) is 1.35. The summed E-state index contributed by atoms with van der Waals surface area (Å²) >= 11 is 0. The number of aromatic hydroxyl groups is 1. The number of nitrogens with one attached hydrogen (secondary N) is 1. The number of ether oxygens (including phenoxy) is 1. The Balaban J connectivity index is 2.23. The van der Waals surface area contributed by atoms with Crippen LogP contribution in [0.5, 0.6) is 5.75 Å². The van der Waals surface area contributed by atoms with E-state index in [1.54, 1.807) is 6.07 Å². The molecular weight excluding hydrogens is 314 g/mol. The minimum absolute atomic E-state index is 0.100. The normalized spacial score (nSPS) is 10.8. The highest BCUT2D eigenvalue weighted by molar-refractivity contribution is 5.97. The molecule has 2 aliphatic rings. The molecule has 0 radical (unpaired) electrons. The molecule has 0 saturated heterocycles. The summed E-state index contributed by atoms with van der Waals surface area (Å²) in [4.78, 5) is 35.2. The van der Waals surface area contributed by atoms with Crippen LogP contribution in [0.3, 0.4) is 0 Å². The quantitative estimate of drug-likeness (QED) is 0.554. The number of phenols is 1. The van der Waals surface area contributed by atoms with Crippen molar-refractivity contribution in [2.75, 3.05) is 7.11 Å². The molecule has 0 unspecified atom stereocenters. The number of H-pyrrole nitrogens is 1.